The van der Waals surface area contributed by atoms with Crippen molar-refractivity contribution in [3.05, 3.63) is 81.0 Å². The van der Waals surface area contributed by atoms with E-state index >= 15 is 0 Å². The first-order valence-corrected chi connectivity index (χ1v) is 9.44. The highest BCUT2D eigenvalue weighted by molar-refractivity contribution is 6.32. The lowest BCUT2D eigenvalue weighted by atomic mass is 10.1. The van der Waals surface area contributed by atoms with E-state index < -0.39 is 0 Å². The van der Waals surface area contributed by atoms with Gasteiger partial charge in [0, 0.05) is 16.8 Å². The van der Waals surface area contributed by atoms with Gasteiger partial charge in [-0.3, -0.25) is 9.59 Å². The number of anilines is 1. The Morgan fingerprint density at radius 2 is 1.72 bits per heavy atom. The number of fused-ring (bicyclic) bond motifs is 2. The topological polar surface area (TPSA) is 68.5 Å². The molecule has 0 aliphatic heterocycles. The number of nitrogens with one attached hydrogen (secondary N) is 1. The smallest absolute Gasteiger partial charge is 0.262 e. The van der Waals surface area contributed by atoms with E-state index in [-0.39, 0.29) is 17.9 Å². The summed E-state index contributed by atoms with van der Waals surface area (Å²) in [5.74, 6) is 0.312. The van der Waals surface area contributed by atoms with Crippen molar-refractivity contribution in [1.29, 1.82) is 0 Å². The van der Waals surface area contributed by atoms with Gasteiger partial charge in [0.05, 0.1) is 10.8 Å². The average molecular weight is 408 g/mol. The highest BCUT2D eigenvalue weighted by Gasteiger charge is 2.11. The third-order valence-electron chi connectivity index (χ3n) is 4.63. The number of hydrogen-bond donors (Lipinski definition) is 1. The highest BCUT2D eigenvalue weighted by atomic mass is 35.5. The molecule has 1 heterocycles. The van der Waals surface area contributed by atoms with Gasteiger partial charge in [-0.2, -0.15) is 0 Å². The fourth-order valence-electron chi connectivity index (χ4n) is 3.03. The first-order valence-electron chi connectivity index (χ1n) is 9.07. The van der Waals surface area contributed by atoms with Crippen LogP contribution in [0.1, 0.15) is 11.1 Å². The Bertz CT molecular complexity index is 1290. The lowest BCUT2D eigenvalue weighted by Gasteiger charge is -2.09. The van der Waals surface area contributed by atoms with Crippen molar-refractivity contribution >= 4 is 45.1 Å². The van der Waals surface area contributed by atoms with Gasteiger partial charge in [-0.25, -0.2) is 0 Å². The van der Waals surface area contributed by atoms with Gasteiger partial charge < -0.3 is 14.5 Å². The SMILES string of the molecule is Cc1ccc(OCC(=O)Nc2ccc3c(=O)c4cc(Cl)c(C)cc4oc3c2)cc1. The quantitative estimate of drug-likeness (QED) is 0.470. The molecule has 0 aliphatic rings. The number of carbonyl (C=O) groups excluding carboxylic acids is 1. The fourth-order valence-corrected chi connectivity index (χ4v) is 3.20. The molecule has 0 atom stereocenters. The molecule has 1 N–H and O–H groups in total. The normalized spacial score (nSPS) is 11.0. The second-order valence-corrected chi connectivity index (χ2v) is 7.30. The summed E-state index contributed by atoms with van der Waals surface area (Å²) < 4.78 is 11.4. The van der Waals surface area contributed by atoms with Crippen LogP contribution in [0.25, 0.3) is 21.9 Å². The lowest BCUT2D eigenvalue weighted by molar-refractivity contribution is -0.118. The summed E-state index contributed by atoms with van der Waals surface area (Å²) >= 11 is 6.14. The van der Waals surface area contributed by atoms with Crippen molar-refractivity contribution in [3.8, 4) is 5.75 Å². The van der Waals surface area contributed by atoms with Crippen molar-refractivity contribution < 1.29 is 13.9 Å². The van der Waals surface area contributed by atoms with E-state index in [0.717, 1.165) is 11.1 Å². The van der Waals surface area contributed by atoms with Crippen LogP contribution in [0.5, 0.6) is 5.75 Å². The lowest BCUT2D eigenvalue weighted by Crippen LogP contribution is -2.20. The Balaban J connectivity index is 1.57. The van der Waals surface area contributed by atoms with E-state index in [9.17, 15) is 9.59 Å². The number of rotatable bonds is 4. The Hall–Kier alpha value is -3.31. The van der Waals surface area contributed by atoms with Crippen molar-refractivity contribution in [2.75, 3.05) is 11.9 Å². The maximum Gasteiger partial charge on any atom is 0.262 e. The first-order chi connectivity index (χ1) is 13.9. The van der Waals surface area contributed by atoms with Gasteiger partial charge in [-0.15, -0.1) is 0 Å². The van der Waals surface area contributed by atoms with Crippen molar-refractivity contribution in [1.82, 2.24) is 0 Å². The zero-order chi connectivity index (χ0) is 20.5. The molecule has 0 saturated carbocycles. The van der Waals surface area contributed by atoms with Crippen molar-refractivity contribution in [2.45, 2.75) is 13.8 Å². The van der Waals surface area contributed by atoms with Crippen LogP contribution in [-0.2, 0) is 4.79 Å². The molecule has 0 fully saturated rings. The number of ether oxygens (including phenoxy) is 1. The third-order valence-corrected chi connectivity index (χ3v) is 5.03. The molecule has 0 saturated heterocycles. The molecule has 1 amide bonds. The molecule has 4 rings (SSSR count). The van der Waals surface area contributed by atoms with E-state index in [1.54, 1.807) is 30.3 Å². The standard InChI is InChI=1S/C23H18ClNO4/c1-13-3-6-16(7-4-13)28-12-22(26)25-15-5-8-17-21(10-15)29-20-9-14(2)19(24)11-18(20)23(17)27/h3-11H,12H2,1-2H3,(H,25,26). The Morgan fingerprint density at radius 1 is 1.00 bits per heavy atom. The summed E-state index contributed by atoms with van der Waals surface area (Å²) in [6, 6.07) is 15.7. The molecule has 6 heteroatoms. The van der Waals surface area contributed by atoms with Crippen LogP contribution in [0.3, 0.4) is 0 Å². The molecule has 0 bridgehead atoms. The van der Waals surface area contributed by atoms with Crippen LogP contribution in [0, 0.1) is 13.8 Å². The summed E-state index contributed by atoms with van der Waals surface area (Å²) in [4.78, 5) is 24.9. The van der Waals surface area contributed by atoms with Crippen LogP contribution in [0.15, 0.2) is 63.8 Å². The second-order valence-electron chi connectivity index (χ2n) is 6.89. The highest BCUT2D eigenvalue weighted by Crippen LogP contribution is 2.26. The minimum absolute atomic E-state index is 0.125. The second kappa shape index (κ2) is 7.60. The van der Waals surface area contributed by atoms with Crippen LogP contribution < -0.4 is 15.5 Å². The molecular weight excluding hydrogens is 390 g/mol. The summed E-state index contributed by atoms with van der Waals surface area (Å²) in [5.41, 5.74) is 3.13. The van der Waals surface area contributed by atoms with Crippen LogP contribution in [0.2, 0.25) is 5.02 Å². The van der Waals surface area contributed by atoms with Gasteiger partial charge in [0.2, 0.25) is 5.43 Å². The Morgan fingerprint density at radius 3 is 2.48 bits per heavy atom. The molecule has 146 valence electrons. The molecule has 29 heavy (non-hydrogen) atoms. The zero-order valence-corrected chi connectivity index (χ0v) is 16.7. The predicted octanol–water partition coefficient (Wildman–Crippen LogP) is 5.23. The summed E-state index contributed by atoms with van der Waals surface area (Å²) in [6.07, 6.45) is 0. The number of carbonyl (C=O) groups is 1. The van der Waals surface area contributed by atoms with E-state index in [0.29, 0.717) is 38.4 Å². The van der Waals surface area contributed by atoms with Crippen molar-refractivity contribution in [3.63, 3.8) is 0 Å². The number of hydrogen-bond acceptors (Lipinski definition) is 4. The molecular formula is C23H18ClNO4. The van der Waals surface area contributed by atoms with E-state index in [4.69, 9.17) is 20.8 Å². The van der Waals surface area contributed by atoms with Gasteiger partial charge in [0.25, 0.3) is 5.91 Å². The van der Waals surface area contributed by atoms with Gasteiger partial charge in [0.15, 0.2) is 6.61 Å². The molecule has 1 aromatic heterocycles. The van der Waals surface area contributed by atoms with E-state index in [1.807, 2.05) is 38.1 Å². The van der Waals surface area contributed by atoms with Gasteiger partial charge in [-0.1, -0.05) is 29.3 Å². The van der Waals surface area contributed by atoms with Crippen LogP contribution >= 0.6 is 11.6 Å². The number of amides is 1. The maximum atomic E-state index is 12.7. The Labute approximate surface area is 171 Å². The average Bonchev–Trinajstić information content (AvgIpc) is 2.69. The molecule has 3 aromatic carbocycles. The number of aryl methyl sites for hydroxylation is 2. The van der Waals surface area contributed by atoms with Crippen LogP contribution in [-0.4, -0.2) is 12.5 Å². The summed E-state index contributed by atoms with van der Waals surface area (Å²) in [6.45, 7) is 3.70. The fraction of sp³-hybridized carbons (Fsp3) is 0.130. The molecule has 0 spiro atoms. The van der Waals surface area contributed by atoms with Gasteiger partial charge in [-0.05, 0) is 55.8 Å². The molecule has 0 unspecified atom stereocenters. The van der Waals surface area contributed by atoms with Gasteiger partial charge in [0.1, 0.15) is 16.9 Å². The molecule has 0 radical (unpaired) electrons. The van der Waals surface area contributed by atoms with E-state index in [2.05, 4.69) is 5.32 Å². The zero-order valence-electron chi connectivity index (χ0n) is 15.9. The molecule has 0 aliphatic carbocycles. The predicted molar refractivity (Wildman–Crippen MR) is 115 cm³/mol. The van der Waals surface area contributed by atoms with Crippen molar-refractivity contribution in [2.24, 2.45) is 0 Å². The Kier molecular flexibility index (Phi) is 4.99. The van der Waals surface area contributed by atoms with Gasteiger partial charge >= 0.3 is 0 Å². The monoisotopic (exact) mass is 407 g/mol. The van der Waals surface area contributed by atoms with Crippen LogP contribution in [0.4, 0.5) is 5.69 Å². The minimum Gasteiger partial charge on any atom is -0.484 e. The molecule has 5 nitrogen and oxygen atoms in total. The summed E-state index contributed by atoms with van der Waals surface area (Å²) in [7, 11) is 0. The third kappa shape index (κ3) is 3.96. The van der Waals surface area contributed by atoms with E-state index in [1.165, 1.54) is 0 Å². The maximum absolute atomic E-state index is 12.7. The largest absolute Gasteiger partial charge is 0.484 e. The first kappa shape index (κ1) is 19.0. The molecule has 4 aromatic rings. The number of halogens is 1. The summed E-state index contributed by atoms with van der Waals surface area (Å²) in [5, 5.41) is 4.12. The number of benzene rings is 3. The minimum atomic E-state index is -0.310.